The van der Waals surface area contributed by atoms with Gasteiger partial charge in [0.05, 0.1) is 18.2 Å². The highest BCUT2D eigenvalue weighted by molar-refractivity contribution is 5.43. The second kappa shape index (κ2) is 6.34. The maximum atomic E-state index is 8.97. The number of ether oxygens (including phenoxy) is 1. The van der Waals surface area contributed by atoms with Gasteiger partial charge < -0.3 is 15.0 Å². The Labute approximate surface area is 147 Å². The Kier molecular flexibility index (Phi) is 4.02. The lowest BCUT2D eigenvalue weighted by molar-refractivity contribution is 0.0228. The monoisotopic (exact) mass is 335 g/mol. The predicted molar refractivity (Wildman–Crippen MR) is 95.5 cm³/mol. The first-order valence-electron chi connectivity index (χ1n) is 8.62. The van der Waals surface area contributed by atoms with Gasteiger partial charge in [0.1, 0.15) is 23.4 Å². The van der Waals surface area contributed by atoms with Crippen molar-refractivity contribution in [1.29, 1.82) is 5.26 Å². The molecule has 6 heteroatoms. The van der Waals surface area contributed by atoms with Crippen molar-refractivity contribution in [3.63, 3.8) is 0 Å². The molecule has 1 spiro atoms. The molecule has 2 aromatic heterocycles. The van der Waals surface area contributed by atoms with E-state index in [0.717, 1.165) is 43.3 Å². The van der Waals surface area contributed by atoms with Crippen molar-refractivity contribution in [3.8, 4) is 6.07 Å². The molecule has 0 radical (unpaired) electrons. The quantitative estimate of drug-likeness (QED) is 0.929. The highest BCUT2D eigenvalue weighted by Crippen LogP contribution is 2.37. The van der Waals surface area contributed by atoms with Crippen LogP contribution in [0.25, 0.3) is 0 Å². The van der Waals surface area contributed by atoms with Crippen LogP contribution in [-0.2, 0) is 4.74 Å². The molecular weight excluding hydrogens is 314 g/mol. The van der Waals surface area contributed by atoms with E-state index in [2.05, 4.69) is 38.4 Å². The van der Waals surface area contributed by atoms with E-state index in [-0.39, 0.29) is 11.6 Å². The number of hydrogen-bond donors (Lipinski definition) is 1. The van der Waals surface area contributed by atoms with Crippen LogP contribution in [0.15, 0.2) is 36.4 Å². The average Bonchev–Trinajstić information content (AvgIpc) is 3.22. The summed E-state index contributed by atoms with van der Waals surface area (Å²) in [7, 11) is 0. The molecule has 4 heterocycles. The summed E-state index contributed by atoms with van der Waals surface area (Å²) < 4.78 is 6.20. The van der Waals surface area contributed by atoms with E-state index in [0.29, 0.717) is 12.3 Å². The van der Waals surface area contributed by atoms with Gasteiger partial charge >= 0.3 is 0 Å². The number of aromatic nitrogens is 2. The number of nitrogens with zero attached hydrogens (tertiary/aromatic N) is 4. The zero-order chi connectivity index (χ0) is 17.3. The van der Waals surface area contributed by atoms with Crippen LogP contribution in [0.1, 0.15) is 24.2 Å². The number of hydrogen-bond acceptors (Lipinski definition) is 6. The first-order chi connectivity index (χ1) is 12.2. The SMILES string of the molecule is Cc1cccc(N2CC[C@@]3(C[C@H](Nc4cccc(C#N)n4)CO3)C2)n1. The van der Waals surface area contributed by atoms with Crippen LogP contribution in [-0.4, -0.2) is 41.3 Å². The molecule has 2 fully saturated rings. The number of aryl methyl sites for hydroxylation is 1. The van der Waals surface area contributed by atoms with Crippen molar-refractivity contribution in [1.82, 2.24) is 9.97 Å². The van der Waals surface area contributed by atoms with Crippen LogP contribution in [0.2, 0.25) is 0 Å². The molecule has 2 aromatic rings. The first kappa shape index (κ1) is 15.9. The summed E-state index contributed by atoms with van der Waals surface area (Å²) in [5.74, 6) is 1.76. The Morgan fingerprint density at radius 3 is 3.00 bits per heavy atom. The van der Waals surface area contributed by atoms with E-state index < -0.39 is 0 Å². The van der Waals surface area contributed by atoms with Crippen LogP contribution in [0.5, 0.6) is 0 Å². The summed E-state index contributed by atoms with van der Waals surface area (Å²) in [5.41, 5.74) is 1.35. The summed E-state index contributed by atoms with van der Waals surface area (Å²) in [4.78, 5) is 11.2. The molecule has 0 amide bonds. The molecule has 4 rings (SSSR count). The molecule has 2 saturated heterocycles. The molecule has 0 aliphatic carbocycles. The van der Waals surface area contributed by atoms with E-state index in [1.54, 1.807) is 6.07 Å². The Balaban J connectivity index is 1.41. The third kappa shape index (κ3) is 3.28. The Morgan fingerprint density at radius 2 is 2.16 bits per heavy atom. The second-order valence-electron chi connectivity index (χ2n) is 6.87. The molecule has 0 saturated carbocycles. The van der Waals surface area contributed by atoms with Crippen molar-refractivity contribution in [2.45, 2.75) is 31.4 Å². The smallest absolute Gasteiger partial charge is 0.142 e. The Hall–Kier alpha value is -2.65. The molecule has 1 N–H and O–H groups in total. The van der Waals surface area contributed by atoms with Crippen LogP contribution < -0.4 is 10.2 Å². The van der Waals surface area contributed by atoms with Gasteiger partial charge in [0, 0.05) is 25.2 Å². The lowest BCUT2D eigenvalue weighted by Crippen LogP contribution is -2.34. The third-order valence-corrected chi connectivity index (χ3v) is 4.94. The second-order valence-corrected chi connectivity index (χ2v) is 6.87. The van der Waals surface area contributed by atoms with Crippen LogP contribution in [0, 0.1) is 18.3 Å². The largest absolute Gasteiger partial charge is 0.371 e. The van der Waals surface area contributed by atoms with Crippen molar-refractivity contribution in [2.75, 3.05) is 29.9 Å². The minimum Gasteiger partial charge on any atom is -0.371 e. The summed E-state index contributed by atoms with van der Waals surface area (Å²) in [6.07, 6.45) is 1.94. The summed E-state index contributed by atoms with van der Waals surface area (Å²) in [6.45, 7) is 4.51. The molecule has 2 atom stereocenters. The first-order valence-corrected chi connectivity index (χ1v) is 8.62. The maximum absolute atomic E-state index is 8.97. The van der Waals surface area contributed by atoms with E-state index in [1.165, 1.54) is 0 Å². The Morgan fingerprint density at radius 1 is 1.28 bits per heavy atom. The Bertz CT molecular complexity index is 817. The molecule has 6 nitrogen and oxygen atoms in total. The molecule has 25 heavy (non-hydrogen) atoms. The summed E-state index contributed by atoms with van der Waals surface area (Å²) in [5, 5.41) is 12.4. The highest BCUT2D eigenvalue weighted by atomic mass is 16.5. The van der Waals surface area contributed by atoms with Crippen molar-refractivity contribution in [3.05, 3.63) is 47.8 Å². The van der Waals surface area contributed by atoms with Gasteiger partial charge in [0.15, 0.2) is 0 Å². The predicted octanol–water partition coefficient (Wildman–Crippen LogP) is 2.51. The van der Waals surface area contributed by atoms with Gasteiger partial charge in [-0.25, -0.2) is 9.97 Å². The number of rotatable bonds is 3. The van der Waals surface area contributed by atoms with Gasteiger partial charge in [-0.1, -0.05) is 12.1 Å². The molecule has 2 aliphatic heterocycles. The van der Waals surface area contributed by atoms with E-state index in [1.807, 2.05) is 25.1 Å². The third-order valence-electron chi connectivity index (χ3n) is 4.94. The lowest BCUT2D eigenvalue weighted by atomic mass is 9.97. The average molecular weight is 335 g/mol. The highest BCUT2D eigenvalue weighted by Gasteiger charge is 2.46. The van der Waals surface area contributed by atoms with Gasteiger partial charge in [0.2, 0.25) is 0 Å². The number of pyridine rings is 2. The maximum Gasteiger partial charge on any atom is 0.142 e. The molecule has 0 bridgehead atoms. The van der Waals surface area contributed by atoms with Crippen molar-refractivity contribution < 1.29 is 4.74 Å². The van der Waals surface area contributed by atoms with Crippen LogP contribution in [0.3, 0.4) is 0 Å². The fraction of sp³-hybridized carbons (Fsp3) is 0.421. The van der Waals surface area contributed by atoms with Gasteiger partial charge in [0.25, 0.3) is 0 Å². The molecule has 128 valence electrons. The van der Waals surface area contributed by atoms with Crippen LogP contribution >= 0.6 is 0 Å². The van der Waals surface area contributed by atoms with Gasteiger partial charge in [-0.2, -0.15) is 5.26 Å². The minimum absolute atomic E-state index is 0.115. The zero-order valence-electron chi connectivity index (χ0n) is 14.3. The van der Waals surface area contributed by atoms with Gasteiger partial charge in [-0.3, -0.25) is 0 Å². The van der Waals surface area contributed by atoms with E-state index in [9.17, 15) is 0 Å². The number of nitriles is 1. The van der Waals surface area contributed by atoms with Crippen molar-refractivity contribution >= 4 is 11.6 Å². The topological polar surface area (TPSA) is 74.1 Å². The van der Waals surface area contributed by atoms with Crippen molar-refractivity contribution in [2.24, 2.45) is 0 Å². The van der Waals surface area contributed by atoms with E-state index in [4.69, 9.17) is 10.00 Å². The standard InChI is InChI=1S/C19H21N5O/c1-14-4-2-7-18(21-14)24-9-8-19(13-24)10-16(12-25-19)23-17-6-3-5-15(11-20)22-17/h2-7,16H,8-10,12-13H2,1H3,(H,22,23)/t16-,19+/m0/s1. The summed E-state index contributed by atoms with van der Waals surface area (Å²) in [6, 6.07) is 13.9. The van der Waals surface area contributed by atoms with Crippen LogP contribution in [0.4, 0.5) is 11.6 Å². The van der Waals surface area contributed by atoms with Gasteiger partial charge in [-0.15, -0.1) is 0 Å². The normalized spacial score (nSPS) is 25.3. The summed E-state index contributed by atoms with van der Waals surface area (Å²) >= 11 is 0. The number of anilines is 2. The van der Waals surface area contributed by atoms with Gasteiger partial charge in [-0.05, 0) is 37.6 Å². The molecule has 2 aliphatic rings. The molecule has 0 aromatic carbocycles. The lowest BCUT2D eigenvalue weighted by Gasteiger charge is -2.24. The molecular formula is C19H21N5O. The van der Waals surface area contributed by atoms with E-state index >= 15 is 0 Å². The zero-order valence-corrected chi connectivity index (χ0v) is 14.3. The minimum atomic E-state index is -0.115. The fourth-order valence-corrected chi connectivity index (χ4v) is 3.75. The fourth-order valence-electron chi connectivity index (χ4n) is 3.75. The number of nitrogens with one attached hydrogen (secondary N) is 1. The molecule has 0 unspecified atom stereocenters.